The molecule has 0 aliphatic carbocycles. The lowest BCUT2D eigenvalue weighted by molar-refractivity contribution is 1.13. The number of pyridine rings is 1. The van der Waals surface area contributed by atoms with Gasteiger partial charge in [0.05, 0.1) is 9.23 Å². The van der Waals surface area contributed by atoms with Crippen molar-refractivity contribution in [2.75, 3.05) is 0 Å². The molecule has 2 rings (SSSR count). The van der Waals surface area contributed by atoms with E-state index in [1.54, 1.807) is 23.6 Å². The van der Waals surface area contributed by atoms with Gasteiger partial charge in [0.15, 0.2) is 0 Å². The van der Waals surface area contributed by atoms with Crippen LogP contribution in [0.4, 0.5) is 0 Å². The van der Waals surface area contributed by atoms with E-state index < -0.39 is 0 Å². The summed E-state index contributed by atoms with van der Waals surface area (Å²) in [5.74, 6) is -0.0413. The van der Waals surface area contributed by atoms with Gasteiger partial charge >= 0.3 is 0 Å². The van der Waals surface area contributed by atoms with Crippen LogP contribution in [0.2, 0.25) is 5.02 Å². The minimum atomic E-state index is -0.0413. The fourth-order valence-electron chi connectivity index (χ4n) is 1.12. The molecule has 0 aliphatic heterocycles. The lowest BCUT2D eigenvalue weighted by Crippen LogP contribution is -2.12. The number of nitrogen functional groups attached to an aromatic ring is 1. The molecule has 6 heteroatoms. The minimum absolute atomic E-state index is 0.0413. The zero-order valence-electron chi connectivity index (χ0n) is 8.11. The van der Waals surface area contributed by atoms with Gasteiger partial charge in [-0.05, 0) is 17.5 Å². The molecule has 0 spiro atoms. The molecule has 2 aromatic heterocycles. The molecular weight excluding hydrogens is 262 g/mol. The molecule has 0 amide bonds. The van der Waals surface area contributed by atoms with Gasteiger partial charge in [-0.2, -0.15) is 0 Å². The predicted molar refractivity (Wildman–Crippen MR) is 68.7 cm³/mol. The highest BCUT2D eigenvalue weighted by Gasteiger charge is 2.11. The van der Waals surface area contributed by atoms with Crippen molar-refractivity contribution in [3.63, 3.8) is 0 Å². The van der Waals surface area contributed by atoms with Crippen molar-refractivity contribution in [1.82, 2.24) is 4.98 Å². The highest BCUT2D eigenvalue weighted by atomic mass is 35.5. The number of amidine groups is 1. The summed E-state index contributed by atoms with van der Waals surface area (Å²) in [6.45, 7) is 0. The van der Waals surface area contributed by atoms with Gasteiger partial charge in [-0.3, -0.25) is 5.41 Å². The zero-order valence-corrected chi connectivity index (χ0v) is 10.5. The van der Waals surface area contributed by atoms with Gasteiger partial charge in [0, 0.05) is 11.8 Å². The molecule has 3 N–H and O–H groups in total. The number of nitrogens with one attached hydrogen (secondary N) is 1. The average Bonchev–Trinajstić information content (AvgIpc) is 2.73. The fraction of sp³-hybridized carbons (Fsp3) is 0. The second-order valence-electron chi connectivity index (χ2n) is 2.93. The van der Waals surface area contributed by atoms with Crippen LogP contribution >= 0.6 is 34.7 Å². The summed E-state index contributed by atoms with van der Waals surface area (Å²) < 4.78 is 1.11. The number of thiophene rings is 1. The summed E-state index contributed by atoms with van der Waals surface area (Å²) in [6, 6.07) is 5.60. The maximum Gasteiger partial charge on any atom is 0.124 e. The summed E-state index contributed by atoms with van der Waals surface area (Å²) in [5, 5.41) is 10.5. The number of nitrogens with zero attached hydrogens (tertiary/aromatic N) is 1. The fourth-order valence-corrected chi connectivity index (χ4v) is 3.14. The molecule has 2 aromatic rings. The van der Waals surface area contributed by atoms with E-state index >= 15 is 0 Å². The van der Waals surface area contributed by atoms with Gasteiger partial charge in [-0.25, -0.2) is 4.98 Å². The molecule has 0 radical (unpaired) electrons. The van der Waals surface area contributed by atoms with Gasteiger partial charge in [-0.1, -0.05) is 29.4 Å². The topological polar surface area (TPSA) is 62.8 Å². The number of hydrogen-bond donors (Lipinski definition) is 2. The third kappa shape index (κ3) is 2.37. The molecule has 0 aliphatic rings. The standard InChI is InChI=1S/C10H8ClN3S2/c11-8-6(9(12)13)3-4-14-10(8)16-7-2-1-5-15-7/h1-5H,(H3,12,13). The van der Waals surface area contributed by atoms with Gasteiger partial charge in [0.1, 0.15) is 10.9 Å². The van der Waals surface area contributed by atoms with E-state index in [9.17, 15) is 0 Å². The number of halogens is 1. The van der Waals surface area contributed by atoms with Gasteiger partial charge in [0.25, 0.3) is 0 Å². The zero-order chi connectivity index (χ0) is 11.5. The Labute approximate surface area is 106 Å². The number of aromatic nitrogens is 1. The predicted octanol–water partition coefficient (Wildman–Crippen LogP) is 3.23. The maximum absolute atomic E-state index is 7.38. The third-order valence-corrected chi connectivity index (χ3v) is 4.37. The Balaban J connectivity index is 2.35. The van der Waals surface area contributed by atoms with Gasteiger partial charge in [0.2, 0.25) is 0 Å². The average molecular weight is 270 g/mol. The van der Waals surface area contributed by atoms with E-state index in [0.29, 0.717) is 15.6 Å². The van der Waals surface area contributed by atoms with Gasteiger partial charge in [-0.15, -0.1) is 11.3 Å². The molecule has 0 saturated heterocycles. The Morgan fingerprint density at radius 2 is 2.31 bits per heavy atom. The Kier molecular flexibility index (Phi) is 3.48. The SMILES string of the molecule is N=C(N)c1ccnc(Sc2cccs2)c1Cl. The van der Waals surface area contributed by atoms with Crippen LogP contribution in [0.1, 0.15) is 5.56 Å². The van der Waals surface area contributed by atoms with Crippen molar-refractivity contribution in [2.24, 2.45) is 5.73 Å². The first-order valence-electron chi connectivity index (χ1n) is 4.38. The summed E-state index contributed by atoms with van der Waals surface area (Å²) >= 11 is 9.22. The number of nitrogens with two attached hydrogens (primary N) is 1. The first-order valence-corrected chi connectivity index (χ1v) is 6.46. The first kappa shape index (κ1) is 11.4. The summed E-state index contributed by atoms with van der Waals surface area (Å²) in [6.07, 6.45) is 1.61. The second kappa shape index (κ2) is 4.86. The molecule has 0 saturated carbocycles. The van der Waals surface area contributed by atoms with E-state index in [1.807, 2.05) is 17.5 Å². The monoisotopic (exact) mass is 269 g/mol. The molecular formula is C10H8ClN3S2. The van der Waals surface area contributed by atoms with Crippen LogP contribution in [-0.2, 0) is 0 Å². The van der Waals surface area contributed by atoms with Crippen LogP contribution < -0.4 is 5.73 Å². The van der Waals surface area contributed by atoms with E-state index in [0.717, 1.165) is 4.21 Å². The van der Waals surface area contributed by atoms with E-state index in [-0.39, 0.29) is 5.84 Å². The Morgan fingerprint density at radius 1 is 1.50 bits per heavy atom. The smallest absolute Gasteiger partial charge is 0.124 e. The molecule has 0 atom stereocenters. The van der Waals surface area contributed by atoms with Crippen LogP contribution in [0.3, 0.4) is 0 Å². The molecule has 82 valence electrons. The Morgan fingerprint density at radius 3 is 2.94 bits per heavy atom. The highest BCUT2D eigenvalue weighted by Crippen LogP contribution is 2.35. The van der Waals surface area contributed by atoms with Crippen molar-refractivity contribution < 1.29 is 0 Å². The quantitative estimate of drug-likeness (QED) is 0.664. The number of hydrogen-bond acceptors (Lipinski definition) is 4. The van der Waals surface area contributed by atoms with Crippen molar-refractivity contribution in [3.05, 3.63) is 40.4 Å². The lowest BCUT2D eigenvalue weighted by Gasteiger charge is -2.05. The van der Waals surface area contributed by atoms with Crippen LogP contribution in [-0.4, -0.2) is 10.8 Å². The van der Waals surface area contributed by atoms with Crippen LogP contribution in [0, 0.1) is 5.41 Å². The molecule has 0 fully saturated rings. The highest BCUT2D eigenvalue weighted by molar-refractivity contribution is 8.01. The largest absolute Gasteiger partial charge is 0.384 e. The number of rotatable bonds is 3. The van der Waals surface area contributed by atoms with Crippen molar-refractivity contribution in [3.8, 4) is 0 Å². The first-order chi connectivity index (χ1) is 7.68. The minimum Gasteiger partial charge on any atom is -0.384 e. The second-order valence-corrected chi connectivity index (χ2v) is 5.54. The van der Waals surface area contributed by atoms with Crippen molar-refractivity contribution >= 4 is 40.5 Å². The normalized spacial score (nSPS) is 10.3. The molecule has 0 unspecified atom stereocenters. The van der Waals surface area contributed by atoms with Crippen molar-refractivity contribution in [1.29, 1.82) is 5.41 Å². The van der Waals surface area contributed by atoms with Crippen LogP contribution in [0.25, 0.3) is 0 Å². The van der Waals surface area contributed by atoms with Crippen LogP contribution in [0.5, 0.6) is 0 Å². The maximum atomic E-state index is 7.38. The molecule has 3 nitrogen and oxygen atoms in total. The summed E-state index contributed by atoms with van der Waals surface area (Å²) in [7, 11) is 0. The van der Waals surface area contributed by atoms with E-state index in [2.05, 4.69) is 4.98 Å². The van der Waals surface area contributed by atoms with Gasteiger partial charge < -0.3 is 5.73 Å². The molecule has 0 bridgehead atoms. The van der Waals surface area contributed by atoms with E-state index in [1.165, 1.54) is 11.8 Å². The van der Waals surface area contributed by atoms with E-state index in [4.69, 9.17) is 22.7 Å². The Bertz CT molecular complexity index is 511. The Hall–Kier alpha value is -1.04. The third-order valence-electron chi connectivity index (χ3n) is 1.84. The molecule has 2 heterocycles. The summed E-state index contributed by atoms with van der Waals surface area (Å²) in [5.41, 5.74) is 5.95. The van der Waals surface area contributed by atoms with Crippen molar-refractivity contribution in [2.45, 2.75) is 9.24 Å². The van der Waals surface area contributed by atoms with Crippen LogP contribution in [0.15, 0.2) is 39.0 Å². The molecule has 16 heavy (non-hydrogen) atoms. The molecule has 0 aromatic carbocycles. The lowest BCUT2D eigenvalue weighted by atomic mass is 10.2. The summed E-state index contributed by atoms with van der Waals surface area (Å²) in [4.78, 5) is 4.18.